The van der Waals surface area contributed by atoms with Gasteiger partial charge < -0.3 is 10.5 Å². The summed E-state index contributed by atoms with van der Waals surface area (Å²) in [5.74, 6) is 0.563. The molecular weight excluding hydrogens is 254 g/mol. The summed E-state index contributed by atoms with van der Waals surface area (Å²) in [5, 5.41) is 0. The van der Waals surface area contributed by atoms with Crippen LogP contribution in [0.5, 0.6) is 0 Å². The smallest absolute Gasteiger partial charge is 0.0469 e. The third-order valence-corrected chi connectivity index (χ3v) is 3.50. The third-order valence-electron chi connectivity index (χ3n) is 3.01. The molecule has 1 saturated heterocycles. The molecule has 15 heavy (non-hydrogen) atoms. The SMILES string of the molecule is N[C@H](c1cccc(Br)c1)C1CCOCC1. The maximum atomic E-state index is 6.26. The molecule has 0 bridgehead atoms. The Labute approximate surface area is 98.9 Å². The molecule has 0 spiro atoms. The highest BCUT2D eigenvalue weighted by Gasteiger charge is 2.22. The molecule has 1 heterocycles. The van der Waals surface area contributed by atoms with Crippen LogP contribution in [0.2, 0.25) is 0 Å². The van der Waals surface area contributed by atoms with Crippen LogP contribution in [0.1, 0.15) is 24.4 Å². The fraction of sp³-hybridized carbons (Fsp3) is 0.500. The molecule has 0 saturated carbocycles. The Balaban J connectivity index is 2.08. The van der Waals surface area contributed by atoms with Gasteiger partial charge in [0.25, 0.3) is 0 Å². The van der Waals surface area contributed by atoms with Gasteiger partial charge in [-0.15, -0.1) is 0 Å². The van der Waals surface area contributed by atoms with E-state index in [1.165, 1.54) is 5.56 Å². The lowest BCUT2D eigenvalue weighted by atomic mass is 9.88. The number of nitrogens with two attached hydrogens (primary N) is 1. The van der Waals surface area contributed by atoms with Gasteiger partial charge in [0.15, 0.2) is 0 Å². The van der Waals surface area contributed by atoms with Crippen molar-refractivity contribution in [3.8, 4) is 0 Å². The van der Waals surface area contributed by atoms with Crippen LogP contribution in [0.15, 0.2) is 28.7 Å². The molecule has 1 atom stereocenters. The van der Waals surface area contributed by atoms with Gasteiger partial charge in [0, 0.05) is 23.7 Å². The van der Waals surface area contributed by atoms with E-state index in [2.05, 4.69) is 28.1 Å². The first-order chi connectivity index (χ1) is 7.27. The Hall–Kier alpha value is -0.380. The van der Waals surface area contributed by atoms with E-state index in [-0.39, 0.29) is 6.04 Å². The molecule has 1 aromatic rings. The molecule has 1 aliphatic heterocycles. The molecular formula is C12H16BrNO. The van der Waals surface area contributed by atoms with Crippen LogP contribution in [0.3, 0.4) is 0 Å². The zero-order chi connectivity index (χ0) is 10.7. The number of rotatable bonds is 2. The predicted octanol–water partition coefficient (Wildman–Crippen LogP) is 2.88. The number of benzene rings is 1. The quantitative estimate of drug-likeness (QED) is 0.896. The third kappa shape index (κ3) is 2.80. The lowest BCUT2D eigenvalue weighted by Gasteiger charge is -2.27. The minimum atomic E-state index is 0.145. The van der Waals surface area contributed by atoms with Crippen LogP contribution in [0, 0.1) is 5.92 Å². The first-order valence-electron chi connectivity index (χ1n) is 5.36. The zero-order valence-corrected chi connectivity index (χ0v) is 10.2. The Morgan fingerprint density at radius 2 is 2.07 bits per heavy atom. The lowest BCUT2D eigenvalue weighted by molar-refractivity contribution is 0.0584. The summed E-state index contributed by atoms with van der Waals surface area (Å²) >= 11 is 3.47. The van der Waals surface area contributed by atoms with Crippen LogP contribution in [-0.4, -0.2) is 13.2 Å². The van der Waals surface area contributed by atoms with Crippen molar-refractivity contribution in [1.82, 2.24) is 0 Å². The van der Waals surface area contributed by atoms with Gasteiger partial charge in [0.05, 0.1) is 0 Å². The molecule has 1 aliphatic rings. The zero-order valence-electron chi connectivity index (χ0n) is 8.66. The summed E-state index contributed by atoms with van der Waals surface area (Å²) in [4.78, 5) is 0. The van der Waals surface area contributed by atoms with Crippen LogP contribution >= 0.6 is 15.9 Å². The van der Waals surface area contributed by atoms with Crippen molar-refractivity contribution in [2.24, 2.45) is 11.7 Å². The van der Waals surface area contributed by atoms with E-state index in [0.717, 1.165) is 30.5 Å². The maximum Gasteiger partial charge on any atom is 0.0469 e. The summed E-state index contributed by atoms with van der Waals surface area (Å²) in [6, 6.07) is 8.43. The lowest BCUT2D eigenvalue weighted by Crippen LogP contribution is -2.27. The van der Waals surface area contributed by atoms with Crippen LogP contribution in [0.25, 0.3) is 0 Å². The first-order valence-corrected chi connectivity index (χ1v) is 6.15. The average molecular weight is 270 g/mol. The summed E-state index contributed by atoms with van der Waals surface area (Å²) < 4.78 is 6.44. The largest absolute Gasteiger partial charge is 0.381 e. The Kier molecular flexibility index (Phi) is 3.78. The highest BCUT2D eigenvalue weighted by atomic mass is 79.9. The standard InChI is InChI=1S/C12H16BrNO/c13-11-3-1-2-10(8-11)12(14)9-4-6-15-7-5-9/h1-3,8-9,12H,4-7,14H2/t12-/m0/s1. The van der Waals surface area contributed by atoms with Crippen LogP contribution in [-0.2, 0) is 4.74 Å². The van der Waals surface area contributed by atoms with Crippen LogP contribution < -0.4 is 5.73 Å². The first kappa shape index (κ1) is 11.1. The average Bonchev–Trinajstić information content (AvgIpc) is 2.29. The molecule has 1 fully saturated rings. The van der Waals surface area contributed by atoms with E-state index >= 15 is 0 Å². The van der Waals surface area contributed by atoms with Gasteiger partial charge in [-0.3, -0.25) is 0 Å². The summed E-state index contributed by atoms with van der Waals surface area (Å²) in [7, 11) is 0. The Bertz CT molecular complexity index is 323. The molecule has 0 unspecified atom stereocenters. The number of hydrogen-bond donors (Lipinski definition) is 1. The van der Waals surface area contributed by atoms with Crippen molar-refractivity contribution in [3.63, 3.8) is 0 Å². The van der Waals surface area contributed by atoms with Gasteiger partial charge in [-0.25, -0.2) is 0 Å². The van der Waals surface area contributed by atoms with E-state index < -0.39 is 0 Å². The molecule has 82 valence electrons. The minimum Gasteiger partial charge on any atom is -0.381 e. The molecule has 0 aromatic heterocycles. The Morgan fingerprint density at radius 3 is 2.73 bits per heavy atom. The number of hydrogen-bond acceptors (Lipinski definition) is 2. The molecule has 2 nitrogen and oxygen atoms in total. The molecule has 2 rings (SSSR count). The second kappa shape index (κ2) is 5.10. The summed E-state index contributed by atoms with van der Waals surface area (Å²) in [5.41, 5.74) is 7.48. The second-order valence-electron chi connectivity index (χ2n) is 4.03. The van der Waals surface area contributed by atoms with Gasteiger partial charge in [0.1, 0.15) is 0 Å². The van der Waals surface area contributed by atoms with E-state index in [4.69, 9.17) is 10.5 Å². The molecule has 0 radical (unpaired) electrons. The summed E-state index contributed by atoms with van der Waals surface area (Å²) in [6.07, 6.45) is 2.15. The van der Waals surface area contributed by atoms with Gasteiger partial charge >= 0.3 is 0 Å². The van der Waals surface area contributed by atoms with Gasteiger partial charge in [-0.05, 0) is 36.5 Å². The fourth-order valence-electron chi connectivity index (χ4n) is 2.06. The molecule has 3 heteroatoms. The van der Waals surface area contributed by atoms with Crippen molar-refractivity contribution >= 4 is 15.9 Å². The van der Waals surface area contributed by atoms with Crippen molar-refractivity contribution < 1.29 is 4.74 Å². The van der Waals surface area contributed by atoms with Crippen molar-refractivity contribution in [1.29, 1.82) is 0 Å². The predicted molar refractivity (Wildman–Crippen MR) is 64.6 cm³/mol. The summed E-state index contributed by atoms with van der Waals surface area (Å²) in [6.45, 7) is 1.71. The molecule has 1 aromatic carbocycles. The minimum absolute atomic E-state index is 0.145. The van der Waals surface area contributed by atoms with E-state index in [0.29, 0.717) is 5.92 Å². The number of halogens is 1. The molecule has 2 N–H and O–H groups in total. The fourth-order valence-corrected chi connectivity index (χ4v) is 2.48. The highest BCUT2D eigenvalue weighted by molar-refractivity contribution is 9.10. The second-order valence-corrected chi connectivity index (χ2v) is 4.95. The van der Waals surface area contributed by atoms with Gasteiger partial charge in [0.2, 0.25) is 0 Å². The van der Waals surface area contributed by atoms with Crippen molar-refractivity contribution in [2.75, 3.05) is 13.2 Å². The van der Waals surface area contributed by atoms with Crippen molar-refractivity contribution in [3.05, 3.63) is 34.3 Å². The van der Waals surface area contributed by atoms with Crippen molar-refractivity contribution in [2.45, 2.75) is 18.9 Å². The van der Waals surface area contributed by atoms with Gasteiger partial charge in [-0.2, -0.15) is 0 Å². The number of ether oxygens (including phenoxy) is 1. The Morgan fingerprint density at radius 1 is 1.33 bits per heavy atom. The highest BCUT2D eigenvalue weighted by Crippen LogP contribution is 2.29. The van der Waals surface area contributed by atoms with Gasteiger partial charge in [-0.1, -0.05) is 28.1 Å². The topological polar surface area (TPSA) is 35.2 Å². The van der Waals surface area contributed by atoms with E-state index in [9.17, 15) is 0 Å². The monoisotopic (exact) mass is 269 g/mol. The van der Waals surface area contributed by atoms with Crippen LogP contribution in [0.4, 0.5) is 0 Å². The van der Waals surface area contributed by atoms with E-state index in [1.54, 1.807) is 0 Å². The molecule has 0 amide bonds. The maximum absolute atomic E-state index is 6.26. The normalized spacial score (nSPS) is 20.1. The van der Waals surface area contributed by atoms with E-state index in [1.807, 2.05) is 12.1 Å². The molecule has 0 aliphatic carbocycles.